The van der Waals surface area contributed by atoms with E-state index in [0.717, 1.165) is 11.1 Å². The van der Waals surface area contributed by atoms with Crippen LogP contribution in [0.2, 0.25) is 0 Å². The maximum Gasteiger partial charge on any atom is 0.224 e. The minimum Gasteiger partial charge on any atom is -0.489 e. The van der Waals surface area contributed by atoms with Crippen LogP contribution in [0, 0.1) is 0 Å². The summed E-state index contributed by atoms with van der Waals surface area (Å²) < 4.78 is 11.5. The van der Waals surface area contributed by atoms with E-state index in [4.69, 9.17) is 9.47 Å². The molecule has 0 saturated heterocycles. The second-order valence-corrected chi connectivity index (χ2v) is 8.19. The van der Waals surface area contributed by atoms with Crippen LogP contribution < -0.4 is 20.1 Å². The van der Waals surface area contributed by atoms with Gasteiger partial charge in [-0.25, -0.2) is 0 Å². The highest BCUT2D eigenvalue weighted by atomic mass is 16.5. The topological polar surface area (TPSA) is 76.7 Å². The monoisotopic (exact) mass is 480 g/mol. The van der Waals surface area contributed by atoms with Crippen molar-refractivity contribution in [2.45, 2.75) is 26.1 Å². The summed E-state index contributed by atoms with van der Waals surface area (Å²) in [4.78, 5) is 24.5. The van der Waals surface area contributed by atoms with E-state index in [2.05, 4.69) is 10.6 Å². The summed E-state index contributed by atoms with van der Waals surface area (Å²) in [5.74, 6) is 0.973. The number of carbonyl (C=O) groups is 2. The van der Waals surface area contributed by atoms with Crippen LogP contribution in [-0.2, 0) is 22.8 Å². The van der Waals surface area contributed by atoms with Gasteiger partial charge in [-0.15, -0.1) is 0 Å². The minimum absolute atomic E-state index is 0.0797. The molecule has 4 rings (SSSR count). The second-order valence-electron chi connectivity index (χ2n) is 8.19. The van der Waals surface area contributed by atoms with Gasteiger partial charge in [0, 0.05) is 24.2 Å². The van der Waals surface area contributed by atoms with Crippen molar-refractivity contribution in [1.29, 1.82) is 0 Å². The van der Waals surface area contributed by atoms with Gasteiger partial charge in [-0.3, -0.25) is 9.59 Å². The van der Waals surface area contributed by atoms with Crippen molar-refractivity contribution in [3.8, 4) is 11.5 Å². The van der Waals surface area contributed by atoms with Crippen LogP contribution in [0.25, 0.3) is 0 Å². The lowest BCUT2D eigenvalue weighted by Gasteiger charge is -2.09. The van der Waals surface area contributed by atoms with Crippen LogP contribution in [0.4, 0.5) is 11.4 Å². The first-order valence-electron chi connectivity index (χ1n) is 11.8. The summed E-state index contributed by atoms with van der Waals surface area (Å²) in [6.45, 7) is 0.955. The number of nitrogens with one attached hydrogen (secondary N) is 2. The molecule has 0 unspecified atom stereocenters. The third-order valence-electron chi connectivity index (χ3n) is 5.35. The summed E-state index contributed by atoms with van der Waals surface area (Å²) in [5, 5.41) is 5.61. The summed E-state index contributed by atoms with van der Waals surface area (Å²) >= 11 is 0. The van der Waals surface area contributed by atoms with Gasteiger partial charge in [0.1, 0.15) is 24.7 Å². The van der Waals surface area contributed by atoms with Crippen molar-refractivity contribution in [3.63, 3.8) is 0 Å². The Balaban J connectivity index is 1.15. The third kappa shape index (κ3) is 8.02. The van der Waals surface area contributed by atoms with Gasteiger partial charge in [0.05, 0.1) is 0 Å². The number of hydrogen-bond donors (Lipinski definition) is 2. The lowest BCUT2D eigenvalue weighted by atomic mass is 10.2. The van der Waals surface area contributed by atoms with Gasteiger partial charge in [0.2, 0.25) is 11.8 Å². The molecular formula is C30H28N2O4. The van der Waals surface area contributed by atoms with Crippen molar-refractivity contribution in [2.75, 3.05) is 10.6 Å². The Bertz CT molecular complexity index is 1140. The van der Waals surface area contributed by atoms with Crippen LogP contribution >= 0.6 is 0 Å². The Morgan fingerprint density at radius 3 is 1.22 bits per heavy atom. The van der Waals surface area contributed by atoms with Gasteiger partial charge in [-0.2, -0.15) is 0 Å². The first-order valence-corrected chi connectivity index (χ1v) is 11.8. The Kier molecular flexibility index (Phi) is 8.70. The highest BCUT2D eigenvalue weighted by Gasteiger charge is 2.08. The fraction of sp³-hybridized carbons (Fsp3) is 0.133. The highest BCUT2D eigenvalue weighted by molar-refractivity contribution is 5.96. The van der Waals surface area contributed by atoms with Gasteiger partial charge in [-0.1, -0.05) is 60.7 Å². The third-order valence-corrected chi connectivity index (χ3v) is 5.35. The summed E-state index contributed by atoms with van der Waals surface area (Å²) in [7, 11) is 0. The van der Waals surface area contributed by atoms with Gasteiger partial charge in [-0.05, 0) is 59.7 Å². The first kappa shape index (κ1) is 24.5. The fourth-order valence-corrected chi connectivity index (χ4v) is 3.42. The molecule has 4 aromatic carbocycles. The first-order chi connectivity index (χ1) is 17.6. The summed E-state index contributed by atoms with van der Waals surface area (Å²) in [5.41, 5.74) is 3.47. The van der Waals surface area contributed by atoms with Crippen molar-refractivity contribution in [3.05, 3.63) is 120 Å². The lowest BCUT2D eigenvalue weighted by Crippen LogP contribution is -2.17. The molecule has 36 heavy (non-hydrogen) atoms. The average molecular weight is 481 g/mol. The van der Waals surface area contributed by atoms with Crippen molar-refractivity contribution >= 4 is 23.2 Å². The summed E-state index contributed by atoms with van der Waals surface area (Å²) in [6.07, 6.45) is 0.159. The molecule has 182 valence electrons. The predicted molar refractivity (Wildman–Crippen MR) is 141 cm³/mol. The van der Waals surface area contributed by atoms with E-state index in [1.165, 1.54) is 0 Å². The SMILES string of the molecule is O=C(CCC(=O)Nc1ccc(OCc2ccccc2)cc1)Nc1ccc(OCc2ccccc2)cc1. The van der Waals surface area contributed by atoms with Crippen molar-refractivity contribution < 1.29 is 19.1 Å². The molecule has 4 aromatic rings. The van der Waals surface area contributed by atoms with Gasteiger partial charge in [0.25, 0.3) is 0 Å². The van der Waals surface area contributed by atoms with Crippen molar-refractivity contribution in [2.24, 2.45) is 0 Å². The molecule has 0 bridgehead atoms. The molecule has 2 N–H and O–H groups in total. The zero-order valence-electron chi connectivity index (χ0n) is 19.9. The number of anilines is 2. The number of rotatable bonds is 11. The maximum atomic E-state index is 12.3. The number of carbonyl (C=O) groups excluding carboxylic acids is 2. The maximum absolute atomic E-state index is 12.3. The molecular weight excluding hydrogens is 452 g/mol. The number of amides is 2. The van der Waals surface area contributed by atoms with Crippen LogP contribution in [0.3, 0.4) is 0 Å². The predicted octanol–water partition coefficient (Wildman–Crippen LogP) is 6.20. The molecule has 0 saturated carbocycles. The standard InChI is InChI=1S/C30H28N2O4/c33-29(31-25-11-15-27(16-12-25)35-21-23-7-3-1-4-8-23)19-20-30(34)32-26-13-17-28(18-14-26)36-22-24-9-5-2-6-10-24/h1-18H,19-22H2,(H,31,33)(H,32,34). The number of benzene rings is 4. The molecule has 0 aliphatic carbocycles. The van der Waals surface area contributed by atoms with E-state index in [0.29, 0.717) is 36.1 Å². The van der Waals surface area contributed by atoms with Crippen LogP contribution in [-0.4, -0.2) is 11.8 Å². The van der Waals surface area contributed by atoms with E-state index in [9.17, 15) is 9.59 Å². The molecule has 0 atom stereocenters. The lowest BCUT2D eigenvalue weighted by molar-refractivity contribution is -0.121. The minimum atomic E-state index is -0.229. The molecule has 6 nitrogen and oxygen atoms in total. The van der Waals surface area contributed by atoms with Crippen molar-refractivity contribution in [1.82, 2.24) is 0 Å². The normalized spacial score (nSPS) is 10.3. The molecule has 0 heterocycles. The molecule has 0 fully saturated rings. The molecule has 6 heteroatoms. The fourth-order valence-electron chi connectivity index (χ4n) is 3.42. The van der Waals surface area contributed by atoms with Crippen LogP contribution in [0.1, 0.15) is 24.0 Å². The van der Waals surface area contributed by atoms with Crippen LogP contribution in [0.5, 0.6) is 11.5 Å². The summed E-state index contributed by atoms with van der Waals surface area (Å²) in [6, 6.07) is 34.1. The van der Waals surface area contributed by atoms with E-state index in [1.807, 2.05) is 60.7 Å². The van der Waals surface area contributed by atoms with E-state index < -0.39 is 0 Å². The molecule has 2 amide bonds. The second kappa shape index (κ2) is 12.8. The van der Waals surface area contributed by atoms with Crippen LogP contribution in [0.15, 0.2) is 109 Å². The zero-order valence-corrected chi connectivity index (χ0v) is 19.9. The van der Waals surface area contributed by atoms with Gasteiger partial charge in [0.15, 0.2) is 0 Å². The Morgan fingerprint density at radius 2 is 0.861 bits per heavy atom. The molecule has 0 aliphatic heterocycles. The van der Waals surface area contributed by atoms with E-state index in [1.54, 1.807) is 48.5 Å². The molecule has 0 aromatic heterocycles. The number of ether oxygens (including phenoxy) is 2. The van der Waals surface area contributed by atoms with E-state index >= 15 is 0 Å². The van der Waals surface area contributed by atoms with Gasteiger partial charge < -0.3 is 20.1 Å². The van der Waals surface area contributed by atoms with E-state index in [-0.39, 0.29) is 24.7 Å². The molecule has 0 aliphatic rings. The number of hydrogen-bond acceptors (Lipinski definition) is 4. The zero-order chi connectivity index (χ0) is 25.0. The molecule has 0 spiro atoms. The Hall–Kier alpha value is -4.58. The quantitative estimate of drug-likeness (QED) is 0.268. The highest BCUT2D eigenvalue weighted by Crippen LogP contribution is 2.19. The largest absolute Gasteiger partial charge is 0.489 e. The smallest absolute Gasteiger partial charge is 0.224 e. The molecule has 0 radical (unpaired) electrons. The Morgan fingerprint density at radius 1 is 0.500 bits per heavy atom. The van der Waals surface area contributed by atoms with Gasteiger partial charge >= 0.3 is 0 Å². The average Bonchev–Trinajstić information content (AvgIpc) is 2.92. The Labute approximate surface area is 210 Å².